The molecule has 0 amide bonds. The number of esters is 1. The average Bonchev–Trinajstić information content (AvgIpc) is 2.47. The van der Waals surface area contributed by atoms with E-state index in [1.54, 1.807) is 6.92 Å². The van der Waals surface area contributed by atoms with Crippen LogP contribution in [0.2, 0.25) is 0 Å². The quantitative estimate of drug-likeness (QED) is 0.669. The number of aromatic nitrogens is 2. The molecule has 0 unspecified atom stereocenters. The van der Waals surface area contributed by atoms with E-state index < -0.39 is 5.97 Å². The monoisotopic (exact) mass is 184 g/mol. The van der Waals surface area contributed by atoms with Gasteiger partial charge in [-0.25, -0.2) is 9.59 Å². The minimum absolute atomic E-state index is 0.231. The molecule has 0 spiro atoms. The highest BCUT2D eigenvalue weighted by Gasteiger charge is 2.14. The average molecular weight is 184 g/mol. The van der Waals surface area contributed by atoms with Gasteiger partial charge in [0.1, 0.15) is 5.69 Å². The van der Waals surface area contributed by atoms with Crippen molar-refractivity contribution < 1.29 is 9.53 Å². The Balaban J connectivity index is 2.98. The molecule has 0 bridgehead atoms. The molecular weight excluding hydrogens is 172 g/mol. The largest absolute Gasteiger partial charge is 0.461 e. The van der Waals surface area contributed by atoms with Gasteiger partial charge in [0.05, 0.1) is 12.3 Å². The van der Waals surface area contributed by atoms with Gasteiger partial charge in [-0.3, -0.25) is 4.98 Å². The number of carbonyl (C=O) groups excluding carboxylic acids is 1. The number of aryl methyl sites for hydroxylation is 1. The van der Waals surface area contributed by atoms with Crippen LogP contribution in [0.3, 0.4) is 0 Å². The summed E-state index contributed by atoms with van der Waals surface area (Å²) in [6.07, 6.45) is 0.590. The standard InChI is InChI=1S/C8H12N2O3/c1-3-5-6(7(11)13-4-2)10-8(12)9-5/h3-4H2,1-2H3,(H2,9,10,12). The first-order chi connectivity index (χ1) is 6.19. The highest BCUT2D eigenvalue weighted by atomic mass is 16.5. The lowest BCUT2D eigenvalue weighted by atomic mass is 10.3. The second kappa shape index (κ2) is 3.93. The Hall–Kier alpha value is -1.52. The van der Waals surface area contributed by atoms with Crippen LogP contribution < -0.4 is 5.69 Å². The van der Waals surface area contributed by atoms with E-state index >= 15 is 0 Å². The Bertz CT molecular complexity index is 351. The number of aromatic amines is 2. The van der Waals surface area contributed by atoms with Crippen molar-refractivity contribution >= 4 is 5.97 Å². The lowest BCUT2D eigenvalue weighted by Crippen LogP contribution is -2.09. The molecular formula is C8H12N2O3. The number of imidazole rings is 1. The summed E-state index contributed by atoms with van der Waals surface area (Å²) < 4.78 is 4.75. The van der Waals surface area contributed by atoms with Crippen LogP contribution >= 0.6 is 0 Å². The third-order valence-electron chi connectivity index (χ3n) is 1.64. The van der Waals surface area contributed by atoms with Gasteiger partial charge < -0.3 is 9.72 Å². The Morgan fingerprint density at radius 1 is 1.38 bits per heavy atom. The van der Waals surface area contributed by atoms with Crippen LogP contribution in [0.4, 0.5) is 0 Å². The Morgan fingerprint density at radius 3 is 2.62 bits per heavy atom. The smallest absolute Gasteiger partial charge is 0.356 e. The first-order valence-corrected chi connectivity index (χ1v) is 4.17. The van der Waals surface area contributed by atoms with Gasteiger partial charge in [0, 0.05) is 0 Å². The fourth-order valence-electron chi connectivity index (χ4n) is 1.06. The van der Waals surface area contributed by atoms with E-state index in [4.69, 9.17) is 4.74 Å². The maximum Gasteiger partial charge on any atom is 0.356 e. The summed E-state index contributed by atoms with van der Waals surface area (Å²) in [5.74, 6) is -0.488. The normalized spacial score (nSPS) is 10.0. The van der Waals surface area contributed by atoms with Gasteiger partial charge in [-0.15, -0.1) is 0 Å². The fraction of sp³-hybridized carbons (Fsp3) is 0.500. The molecule has 0 atom stereocenters. The molecule has 5 nitrogen and oxygen atoms in total. The van der Waals surface area contributed by atoms with Crippen LogP contribution in [-0.2, 0) is 11.2 Å². The van der Waals surface area contributed by atoms with Crippen LogP contribution in [0.1, 0.15) is 30.0 Å². The predicted octanol–water partition coefficient (Wildman–Crippen LogP) is 0.442. The van der Waals surface area contributed by atoms with E-state index in [-0.39, 0.29) is 11.4 Å². The molecule has 0 fully saturated rings. The van der Waals surface area contributed by atoms with Gasteiger partial charge in [0.2, 0.25) is 0 Å². The number of H-pyrrole nitrogens is 2. The lowest BCUT2D eigenvalue weighted by molar-refractivity contribution is 0.0518. The van der Waals surface area contributed by atoms with Crippen molar-refractivity contribution in [1.82, 2.24) is 9.97 Å². The van der Waals surface area contributed by atoms with Gasteiger partial charge >= 0.3 is 11.7 Å². The highest BCUT2D eigenvalue weighted by Crippen LogP contribution is 2.02. The van der Waals surface area contributed by atoms with Crippen molar-refractivity contribution in [2.75, 3.05) is 6.61 Å². The summed E-state index contributed by atoms with van der Waals surface area (Å²) in [6, 6.07) is 0. The molecule has 13 heavy (non-hydrogen) atoms. The summed E-state index contributed by atoms with van der Waals surface area (Å²) in [6.45, 7) is 3.87. The van der Waals surface area contributed by atoms with E-state index in [1.165, 1.54) is 0 Å². The third kappa shape index (κ3) is 1.99. The maximum absolute atomic E-state index is 11.2. The molecule has 1 heterocycles. The van der Waals surface area contributed by atoms with Gasteiger partial charge in [-0.2, -0.15) is 0 Å². The zero-order valence-electron chi connectivity index (χ0n) is 7.64. The van der Waals surface area contributed by atoms with Crippen molar-refractivity contribution in [2.45, 2.75) is 20.3 Å². The molecule has 2 N–H and O–H groups in total. The van der Waals surface area contributed by atoms with Crippen LogP contribution in [0.25, 0.3) is 0 Å². The van der Waals surface area contributed by atoms with Crippen LogP contribution in [-0.4, -0.2) is 22.5 Å². The van der Waals surface area contributed by atoms with Crippen LogP contribution in [0, 0.1) is 0 Å². The van der Waals surface area contributed by atoms with E-state index in [1.807, 2.05) is 6.92 Å². The van der Waals surface area contributed by atoms with Gasteiger partial charge in [-0.05, 0) is 13.3 Å². The second-order valence-corrected chi connectivity index (χ2v) is 2.51. The van der Waals surface area contributed by atoms with Crippen molar-refractivity contribution in [3.05, 3.63) is 21.9 Å². The Morgan fingerprint density at radius 2 is 2.08 bits per heavy atom. The van der Waals surface area contributed by atoms with Crippen LogP contribution in [0.15, 0.2) is 4.79 Å². The van der Waals surface area contributed by atoms with E-state index in [9.17, 15) is 9.59 Å². The molecule has 0 radical (unpaired) electrons. The Labute approximate surface area is 75.1 Å². The number of ether oxygens (including phenoxy) is 1. The molecule has 72 valence electrons. The summed E-state index contributed by atoms with van der Waals surface area (Å²) in [5.41, 5.74) is 0.442. The summed E-state index contributed by atoms with van der Waals surface area (Å²) in [5, 5.41) is 0. The van der Waals surface area contributed by atoms with E-state index in [2.05, 4.69) is 9.97 Å². The number of rotatable bonds is 3. The number of carbonyl (C=O) groups is 1. The number of nitrogens with one attached hydrogen (secondary N) is 2. The minimum atomic E-state index is -0.488. The van der Waals surface area contributed by atoms with Crippen molar-refractivity contribution in [3.8, 4) is 0 Å². The minimum Gasteiger partial charge on any atom is -0.461 e. The molecule has 0 aromatic carbocycles. The molecule has 1 rings (SSSR count). The molecule has 0 saturated carbocycles. The van der Waals surface area contributed by atoms with Gasteiger partial charge in [-0.1, -0.05) is 6.92 Å². The van der Waals surface area contributed by atoms with Crippen molar-refractivity contribution in [1.29, 1.82) is 0 Å². The first kappa shape index (κ1) is 9.57. The summed E-state index contributed by atoms with van der Waals surface area (Å²) >= 11 is 0. The number of hydrogen-bond donors (Lipinski definition) is 2. The predicted molar refractivity (Wildman–Crippen MR) is 46.7 cm³/mol. The van der Waals surface area contributed by atoms with Crippen molar-refractivity contribution in [2.24, 2.45) is 0 Å². The van der Waals surface area contributed by atoms with Gasteiger partial charge in [0.25, 0.3) is 0 Å². The molecule has 1 aromatic heterocycles. The molecule has 1 aromatic rings. The summed E-state index contributed by atoms with van der Waals surface area (Å²) in [7, 11) is 0. The van der Waals surface area contributed by atoms with E-state index in [0.717, 1.165) is 0 Å². The first-order valence-electron chi connectivity index (χ1n) is 4.17. The molecule has 0 aliphatic rings. The summed E-state index contributed by atoms with van der Waals surface area (Å²) in [4.78, 5) is 27.0. The maximum atomic E-state index is 11.2. The topological polar surface area (TPSA) is 75.0 Å². The zero-order chi connectivity index (χ0) is 9.84. The van der Waals surface area contributed by atoms with Crippen molar-refractivity contribution in [3.63, 3.8) is 0 Å². The van der Waals surface area contributed by atoms with Crippen LogP contribution in [0.5, 0.6) is 0 Å². The molecule has 0 saturated heterocycles. The number of hydrogen-bond acceptors (Lipinski definition) is 3. The molecule has 5 heteroatoms. The zero-order valence-corrected chi connectivity index (χ0v) is 7.64. The second-order valence-electron chi connectivity index (χ2n) is 2.51. The van der Waals surface area contributed by atoms with E-state index in [0.29, 0.717) is 18.7 Å². The Kier molecular flexibility index (Phi) is 2.89. The lowest BCUT2D eigenvalue weighted by Gasteiger charge is -1.99. The molecule has 0 aliphatic carbocycles. The fourth-order valence-corrected chi connectivity index (χ4v) is 1.06. The molecule has 0 aliphatic heterocycles. The third-order valence-corrected chi connectivity index (χ3v) is 1.64. The highest BCUT2D eigenvalue weighted by molar-refractivity contribution is 5.88. The van der Waals surface area contributed by atoms with Gasteiger partial charge in [0.15, 0.2) is 0 Å². The SMILES string of the molecule is CCOC(=O)c1[nH]c(=O)[nH]c1CC.